The fourth-order valence-corrected chi connectivity index (χ4v) is 5.53. The number of thioether (sulfide) groups is 1. The fourth-order valence-electron chi connectivity index (χ4n) is 4.15. The van der Waals surface area contributed by atoms with Gasteiger partial charge in [-0.1, -0.05) is 45.4 Å². The molecule has 9 heteroatoms. The SMILES string of the molecule is Cc1ccc(-n2ncc3c(=O)n4c(nc32)SCC4CC(=O)Nc2ccc(Br)c(C)c2)c(C)c1. The van der Waals surface area contributed by atoms with Gasteiger partial charge in [0, 0.05) is 22.3 Å². The molecule has 0 bridgehead atoms. The number of carbonyl (C=O) groups excluding carboxylic acids is 1. The van der Waals surface area contributed by atoms with Gasteiger partial charge in [-0.25, -0.2) is 9.67 Å². The molecule has 1 aliphatic rings. The van der Waals surface area contributed by atoms with Crippen molar-refractivity contribution in [2.24, 2.45) is 0 Å². The molecule has 7 nitrogen and oxygen atoms in total. The Balaban J connectivity index is 1.45. The van der Waals surface area contributed by atoms with Crippen molar-refractivity contribution in [2.45, 2.75) is 38.4 Å². The Morgan fingerprint density at radius 3 is 2.76 bits per heavy atom. The second kappa shape index (κ2) is 8.46. The first-order chi connectivity index (χ1) is 15.8. The van der Waals surface area contributed by atoms with Crippen molar-refractivity contribution in [2.75, 3.05) is 11.1 Å². The molecule has 0 saturated carbocycles. The van der Waals surface area contributed by atoms with E-state index < -0.39 is 0 Å². The predicted molar refractivity (Wildman–Crippen MR) is 134 cm³/mol. The number of rotatable bonds is 4. The van der Waals surface area contributed by atoms with Crippen LogP contribution in [-0.2, 0) is 4.79 Å². The van der Waals surface area contributed by atoms with Crippen molar-refractivity contribution >= 4 is 50.3 Å². The van der Waals surface area contributed by atoms with Crippen LogP contribution in [-0.4, -0.2) is 31.0 Å². The number of aryl methyl sites for hydroxylation is 3. The number of amides is 1. The van der Waals surface area contributed by atoms with Gasteiger partial charge >= 0.3 is 0 Å². The number of halogens is 1. The third-order valence-electron chi connectivity index (χ3n) is 5.81. The number of nitrogens with one attached hydrogen (secondary N) is 1. The van der Waals surface area contributed by atoms with E-state index in [9.17, 15) is 9.59 Å². The summed E-state index contributed by atoms with van der Waals surface area (Å²) in [6.45, 7) is 6.03. The zero-order valence-electron chi connectivity index (χ0n) is 18.4. The van der Waals surface area contributed by atoms with Crippen LogP contribution in [0.15, 0.2) is 57.0 Å². The Labute approximate surface area is 203 Å². The number of hydrogen-bond acceptors (Lipinski definition) is 5. The highest BCUT2D eigenvalue weighted by Gasteiger charge is 2.29. The average molecular weight is 524 g/mol. The second-order valence-electron chi connectivity index (χ2n) is 8.33. The summed E-state index contributed by atoms with van der Waals surface area (Å²) in [5.74, 6) is 0.492. The van der Waals surface area contributed by atoms with Crippen LogP contribution >= 0.6 is 27.7 Å². The maximum absolute atomic E-state index is 13.4. The summed E-state index contributed by atoms with van der Waals surface area (Å²) in [7, 11) is 0. The Kier molecular flexibility index (Phi) is 5.62. The van der Waals surface area contributed by atoms with E-state index in [4.69, 9.17) is 4.98 Å². The van der Waals surface area contributed by atoms with Gasteiger partial charge in [0.1, 0.15) is 5.39 Å². The van der Waals surface area contributed by atoms with Gasteiger partial charge in [0.2, 0.25) is 5.91 Å². The fraction of sp³-hybridized carbons (Fsp3) is 0.250. The van der Waals surface area contributed by atoms with Crippen LogP contribution < -0.4 is 10.9 Å². The first-order valence-electron chi connectivity index (χ1n) is 10.6. The lowest BCUT2D eigenvalue weighted by Crippen LogP contribution is -2.27. The quantitative estimate of drug-likeness (QED) is 0.383. The minimum atomic E-state index is -0.254. The lowest BCUT2D eigenvalue weighted by atomic mass is 10.1. The molecular formula is C24H22BrN5O2S. The molecule has 1 amide bonds. The number of nitrogens with zero attached hydrogens (tertiary/aromatic N) is 4. The first kappa shape index (κ1) is 21.9. The lowest BCUT2D eigenvalue weighted by molar-refractivity contribution is -0.116. The number of anilines is 1. The number of benzene rings is 2. The average Bonchev–Trinajstić information content (AvgIpc) is 3.36. The van der Waals surface area contributed by atoms with Gasteiger partial charge in [-0.15, -0.1) is 0 Å². The van der Waals surface area contributed by atoms with Crippen LogP contribution in [0.4, 0.5) is 5.69 Å². The Morgan fingerprint density at radius 1 is 1.18 bits per heavy atom. The minimum Gasteiger partial charge on any atom is -0.326 e. The molecular weight excluding hydrogens is 502 g/mol. The lowest BCUT2D eigenvalue weighted by Gasteiger charge is -2.14. The standard InChI is InChI=1S/C24H22BrN5O2S/c1-13-4-7-20(15(3)8-13)30-22-18(11-26-30)23(32)29-17(12-33-24(29)28-22)10-21(31)27-16-5-6-19(25)14(2)9-16/h4-9,11,17H,10,12H2,1-3H3,(H,27,31). The Bertz CT molecular complexity index is 1480. The van der Waals surface area contributed by atoms with E-state index in [1.807, 2.05) is 51.1 Å². The smallest absolute Gasteiger partial charge is 0.265 e. The van der Waals surface area contributed by atoms with Crippen LogP contribution in [0, 0.1) is 20.8 Å². The molecule has 33 heavy (non-hydrogen) atoms. The third kappa shape index (κ3) is 4.00. The van der Waals surface area contributed by atoms with Crippen molar-refractivity contribution in [3.8, 4) is 5.69 Å². The van der Waals surface area contributed by atoms with Gasteiger partial charge in [-0.3, -0.25) is 14.2 Å². The van der Waals surface area contributed by atoms with E-state index in [2.05, 4.69) is 32.4 Å². The normalized spacial score (nSPS) is 15.1. The van der Waals surface area contributed by atoms with Gasteiger partial charge < -0.3 is 5.32 Å². The van der Waals surface area contributed by atoms with Crippen LogP contribution in [0.1, 0.15) is 29.2 Å². The van der Waals surface area contributed by atoms with Gasteiger partial charge in [-0.2, -0.15) is 5.10 Å². The highest BCUT2D eigenvalue weighted by molar-refractivity contribution is 9.10. The van der Waals surface area contributed by atoms with E-state index in [1.165, 1.54) is 11.8 Å². The van der Waals surface area contributed by atoms with Crippen LogP contribution in [0.3, 0.4) is 0 Å². The zero-order valence-corrected chi connectivity index (χ0v) is 20.8. The molecule has 0 aliphatic carbocycles. The molecule has 0 fully saturated rings. The van der Waals surface area contributed by atoms with Crippen LogP contribution in [0.2, 0.25) is 0 Å². The van der Waals surface area contributed by atoms with E-state index in [1.54, 1.807) is 15.4 Å². The number of aromatic nitrogens is 4. The van der Waals surface area contributed by atoms with Crippen molar-refractivity contribution < 1.29 is 4.79 Å². The van der Waals surface area contributed by atoms with Crippen LogP contribution in [0.5, 0.6) is 0 Å². The molecule has 2 aromatic carbocycles. The number of fused-ring (bicyclic) bond motifs is 2. The molecule has 2 aromatic heterocycles. The molecule has 168 valence electrons. The maximum atomic E-state index is 13.4. The molecule has 3 heterocycles. The highest BCUT2D eigenvalue weighted by Crippen LogP contribution is 2.34. The molecule has 4 aromatic rings. The van der Waals surface area contributed by atoms with E-state index in [0.29, 0.717) is 21.9 Å². The Morgan fingerprint density at radius 2 is 2.00 bits per heavy atom. The van der Waals surface area contributed by atoms with Crippen molar-refractivity contribution in [1.29, 1.82) is 0 Å². The Hall–Kier alpha value is -2.91. The van der Waals surface area contributed by atoms with Crippen molar-refractivity contribution in [1.82, 2.24) is 19.3 Å². The summed E-state index contributed by atoms with van der Waals surface area (Å²) in [6, 6.07) is 11.5. The molecule has 1 unspecified atom stereocenters. The largest absolute Gasteiger partial charge is 0.326 e. The topological polar surface area (TPSA) is 81.8 Å². The molecule has 1 aliphatic heterocycles. The molecule has 5 rings (SSSR count). The van der Waals surface area contributed by atoms with Crippen LogP contribution in [0.25, 0.3) is 16.7 Å². The maximum Gasteiger partial charge on any atom is 0.265 e. The van der Waals surface area contributed by atoms with Gasteiger partial charge in [-0.05, 0) is 56.2 Å². The van der Waals surface area contributed by atoms with Gasteiger partial charge in [0.25, 0.3) is 5.56 Å². The molecule has 0 radical (unpaired) electrons. The monoisotopic (exact) mass is 523 g/mol. The number of hydrogen-bond donors (Lipinski definition) is 1. The first-order valence-corrected chi connectivity index (χ1v) is 12.4. The summed E-state index contributed by atoms with van der Waals surface area (Å²) in [5.41, 5.74) is 5.29. The highest BCUT2D eigenvalue weighted by atomic mass is 79.9. The zero-order chi connectivity index (χ0) is 23.3. The molecule has 0 spiro atoms. The van der Waals surface area contributed by atoms with Crippen molar-refractivity contribution in [3.63, 3.8) is 0 Å². The molecule has 0 saturated heterocycles. The molecule has 1 N–H and O–H groups in total. The molecule has 1 atom stereocenters. The summed E-state index contributed by atoms with van der Waals surface area (Å²) in [6.07, 6.45) is 1.77. The number of carbonyl (C=O) groups is 1. The van der Waals surface area contributed by atoms with E-state index >= 15 is 0 Å². The summed E-state index contributed by atoms with van der Waals surface area (Å²) < 4.78 is 4.36. The second-order valence-corrected chi connectivity index (χ2v) is 10.2. The summed E-state index contributed by atoms with van der Waals surface area (Å²) in [4.78, 5) is 30.8. The van der Waals surface area contributed by atoms with Crippen molar-refractivity contribution in [3.05, 3.63) is 74.1 Å². The van der Waals surface area contributed by atoms with E-state index in [0.717, 1.165) is 32.5 Å². The van der Waals surface area contributed by atoms with Gasteiger partial charge in [0.15, 0.2) is 10.8 Å². The van der Waals surface area contributed by atoms with Gasteiger partial charge in [0.05, 0.1) is 17.9 Å². The minimum absolute atomic E-state index is 0.131. The van der Waals surface area contributed by atoms with E-state index in [-0.39, 0.29) is 23.9 Å². The summed E-state index contributed by atoms with van der Waals surface area (Å²) >= 11 is 4.96. The third-order valence-corrected chi connectivity index (χ3v) is 7.80. The summed E-state index contributed by atoms with van der Waals surface area (Å²) in [5, 5.41) is 8.48. The predicted octanol–water partition coefficient (Wildman–Crippen LogP) is 4.95.